The molecule has 2 heteroatoms. The van der Waals surface area contributed by atoms with Crippen molar-refractivity contribution in [3.8, 4) is 0 Å². The van der Waals surface area contributed by atoms with Crippen molar-refractivity contribution in [2.45, 2.75) is 64.4 Å². The molecule has 0 aliphatic heterocycles. The van der Waals surface area contributed by atoms with E-state index in [1.54, 1.807) is 0 Å². The minimum absolute atomic E-state index is 0.0456. The minimum Gasteiger partial charge on any atom is -0.389 e. The molecule has 3 saturated carbocycles. The highest BCUT2D eigenvalue weighted by Crippen LogP contribution is 2.64. The van der Waals surface area contributed by atoms with E-state index >= 15 is 0 Å². The van der Waals surface area contributed by atoms with Gasteiger partial charge in [0.2, 0.25) is 0 Å². The molecule has 0 radical (unpaired) electrons. The Labute approximate surface area is 111 Å². The predicted molar refractivity (Wildman–Crippen MR) is 74.1 cm³/mol. The quantitative estimate of drug-likeness (QED) is 0.792. The van der Waals surface area contributed by atoms with Crippen LogP contribution in [0, 0.1) is 29.1 Å². The van der Waals surface area contributed by atoms with Gasteiger partial charge >= 0.3 is 0 Å². The Hall–Kier alpha value is -0.0800. The Morgan fingerprint density at radius 1 is 1.22 bits per heavy atom. The first-order chi connectivity index (χ1) is 8.53. The molecule has 0 heterocycles. The summed E-state index contributed by atoms with van der Waals surface area (Å²) in [4.78, 5) is 0. The summed E-state index contributed by atoms with van der Waals surface area (Å²) in [5.41, 5.74) is 5.78. The number of hydrogen-bond donors (Lipinski definition) is 2. The van der Waals surface area contributed by atoms with Crippen LogP contribution in [0.2, 0.25) is 0 Å². The average Bonchev–Trinajstić information content (AvgIpc) is 2.96. The van der Waals surface area contributed by atoms with Crippen molar-refractivity contribution in [2.75, 3.05) is 6.54 Å². The summed E-state index contributed by atoms with van der Waals surface area (Å²) in [7, 11) is 0. The van der Waals surface area contributed by atoms with Crippen LogP contribution in [0.5, 0.6) is 0 Å². The molecule has 0 aromatic carbocycles. The molecule has 3 aliphatic carbocycles. The second-order valence-corrected chi connectivity index (χ2v) is 7.52. The third-order valence-corrected chi connectivity index (χ3v) is 7.03. The molecule has 6 atom stereocenters. The Kier molecular flexibility index (Phi) is 3.02. The zero-order chi connectivity index (χ0) is 13.0. The monoisotopic (exact) mass is 251 g/mol. The molecular weight excluding hydrogens is 222 g/mol. The summed E-state index contributed by atoms with van der Waals surface area (Å²) in [5, 5.41) is 11.5. The predicted octanol–water partition coefficient (Wildman–Crippen LogP) is 2.94. The number of nitrogens with two attached hydrogens (primary N) is 1. The first kappa shape index (κ1) is 12.9. The van der Waals surface area contributed by atoms with Gasteiger partial charge in [-0.1, -0.05) is 33.1 Å². The van der Waals surface area contributed by atoms with E-state index in [1.165, 1.54) is 38.5 Å². The molecule has 0 aromatic heterocycles. The van der Waals surface area contributed by atoms with Gasteiger partial charge in [-0.15, -0.1) is 0 Å². The van der Waals surface area contributed by atoms with E-state index in [0.29, 0.717) is 24.3 Å². The standard InChI is InChI=1S/C16H29NO/c1-11-4-3-7-16(18,12(11)2)15(10-17)9-13-5-6-14(15)8-13/h11-14,18H,3-10,17H2,1-2H3. The zero-order valence-corrected chi connectivity index (χ0v) is 12.0. The van der Waals surface area contributed by atoms with E-state index < -0.39 is 5.60 Å². The molecule has 6 unspecified atom stereocenters. The lowest BCUT2D eigenvalue weighted by Crippen LogP contribution is -2.61. The fourth-order valence-electron chi connectivity index (χ4n) is 5.75. The van der Waals surface area contributed by atoms with Crippen molar-refractivity contribution in [1.29, 1.82) is 0 Å². The van der Waals surface area contributed by atoms with Gasteiger partial charge in [-0.2, -0.15) is 0 Å². The van der Waals surface area contributed by atoms with Gasteiger partial charge in [-0.05, 0) is 49.4 Å². The molecule has 2 nitrogen and oxygen atoms in total. The van der Waals surface area contributed by atoms with Gasteiger partial charge in [0, 0.05) is 12.0 Å². The smallest absolute Gasteiger partial charge is 0.0746 e. The van der Waals surface area contributed by atoms with Crippen molar-refractivity contribution in [3.63, 3.8) is 0 Å². The third kappa shape index (κ3) is 1.48. The topological polar surface area (TPSA) is 46.2 Å². The third-order valence-electron chi connectivity index (χ3n) is 7.03. The van der Waals surface area contributed by atoms with Crippen molar-refractivity contribution in [2.24, 2.45) is 34.8 Å². The molecule has 0 spiro atoms. The molecule has 0 amide bonds. The van der Waals surface area contributed by atoms with E-state index in [0.717, 1.165) is 12.3 Å². The second-order valence-electron chi connectivity index (χ2n) is 7.52. The SMILES string of the molecule is CC1CCCC(O)(C2(CN)CC3CCC2C3)C1C. The van der Waals surface area contributed by atoms with Crippen LogP contribution in [0.4, 0.5) is 0 Å². The number of rotatable bonds is 2. The highest BCUT2D eigenvalue weighted by atomic mass is 16.3. The number of aliphatic hydroxyl groups is 1. The summed E-state index contributed by atoms with van der Waals surface area (Å²) in [6, 6.07) is 0. The van der Waals surface area contributed by atoms with Crippen LogP contribution >= 0.6 is 0 Å². The van der Waals surface area contributed by atoms with E-state index in [-0.39, 0.29) is 5.41 Å². The summed E-state index contributed by atoms with van der Waals surface area (Å²) in [6.45, 7) is 5.28. The fourth-order valence-corrected chi connectivity index (χ4v) is 5.75. The molecule has 3 N–H and O–H groups in total. The van der Waals surface area contributed by atoms with Gasteiger partial charge in [0.05, 0.1) is 5.60 Å². The fraction of sp³-hybridized carbons (Fsp3) is 1.00. The molecule has 18 heavy (non-hydrogen) atoms. The first-order valence-electron chi connectivity index (χ1n) is 7.96. The average molecular weight is 251 g/mol. The molecule has 0 saturated heterocycles. The molecule has 0 aromatic rings. The lowest BCUT2D eigenvalue weighted by Gasteiger charge is -2.56. The van der Waals surface area contributed by atoms with Gasteiger partial charge in [-0.3, -0.25) is 0 Å². The van der Waals surface area contributed by atoms with Crippen molar-refractivity contribution in [1.82, 2.24) is 0 Å². The van der Waals surface area contributed by atoms with E-state index in [1.807, 2.05) is 0 Å². The van der Waals surface area contributed by atoms with Gasteiger partial charge in [0.15, 0.2) is 0 Å². The first-order valence-corrected chi connectivity index (χ1v) is 7.96. The van der Waals surface area contributed by atoms with Gasteiger partial charge < -0.3 is 10.8 Å². The Morgan fingerprint density at radius 2 is 2.00 bits per heavy atom. The molecule has 3 rings (SSSR count). The van der Waals surface area contributed by atoms with Crippen LogP contribution < -0.4 is 5.73 Å². The van der Waals surface area contributed by atoms with Crippen LogP contribution in [0.3, 0.4) is 0 Å². The summed E-state index contributed by atoms with van der Waals surface area (Å²) in [6.07, 6.45) is 8.67. The maximum absolute atomic E-state index is 11.5. The minimum atomic E-state index is -0.487. The van der Waals surface area contributed by atoms with Gasteiger partial charge in [0.25, 0.3) is 0 Å². The molecular formula is C16H29NO. The van der Waals surface area contributed by atoms with E-state index in [2.05, 4.69) is 13.8 Å². The highest BCUT2D eigenvalue weighted by molar-refractivity contribution is 5.13. The van der Waals surface area contributed by atoms with Crippen molar-refractivity contribution in [3.05, 3.63) is 0 Å². The normalized spacial score (nSPS) is 56.0. The largest absolute Gasteiger partial charge is 0.389 e. The van der Waals surface area contributed by atoms with E-state index in [4.69, 9.17) is 5.73 Å². The lowest BCUT2D eigenvalue weighted by molar-refractivity contribution is -0.173. The molecule has 2 bridgehead atoms. The lowest BCUT2D eigenvalue weighted by atomic mass is 9.53. The van der Waals surface area contributed by atoms with Crippen LogP contribution in [-0.4, -0.2) is 17.3 Å². The molecule has 104 valence electrons. The van der Waals surface area contributed by atoms with Crippen molar-refractivity contribution >= 4 is 0 Å². The Morgan fingerprint density at radius 3 is 2.56 bits per heavy atom. The second kappa shape index (κ2) is 4.21. The van der Waals surface area contributed by atoms with Gasteiger partial charge in [0.1, 0.15) is 0 Å². The van der Waals surface area contributed by atoms with Gasteiger partial charge in [-0.25, -0.2) is 0 Å². The maximum atomic E-state index is 11.5. The number of hydrogen-bond acceptors (Lipinski definition) is 2. The summed E-state index contributed by atoms with van der Waals surface area (Å²) in [5.74, 6) is 2.61. The molecule has 3 fully saturated rings. The Balaban J connectivity index is 1.95. The molecule has 3 aliphatic rings. The van der Waals surface area contributed by atoms with Crippen LogP contribution in [-0.2, 0) is 0 Å². The van der Waals surface area contributed by atoms with Crippen LogP contribution in [0.15, 0.2) is 0 Å². The summed E-state index contributed by atoms with van der Waals surface area (Å²) < 4.78 is 0. The van der Waals surface area contributed by atoms with Crippen LogP contribution in [0.25, 0.3) is 0 Å². The summed E-state index contributed by atoms with van der Waals surface area (Å²) >= 11 is 0. The van der Waals surface area contributed by atoms with Crippen molar-refractivity contribution < 1.29 is 5.11 Å². The Bertz CT molecular complexity index is 331. The zero-order valence-electron chi connectivity index (χ0n) is 12.0. The van der Waals surface area contributed by atoms with Crippen LogP contribution in [0.1, 0.15) is 58.8 Å². The highest BCUT2D eigenvalue weighted by Gasteiger charge is 2.63. The maximum Gasteiger partial charge on any atom is 0.0746 e. The number of fused-ring (bicyclic) bond motifs is 2. The van der Waals surface area contributed by atoms with E-state index in [9.17, 15) is 5.11 Å².